The van der Waals surface area contributed by atoms with Crippen LogP contribution in [0.15, 0.2) is 53.1 Å². The Hall–Kier alpha value is -3.88. The lowest BCUT2D eigenvalue weighted by Crippen LogP contribution is -2.50. The second-order valence-electron chi connectivity index (χ2n) is 8.70. The Kier molecular flexibility index (Phi) is 8.54. The van der Waals surface area contributed by atoms with Crippen LogP contribution in [0.4, 0.5) is 0 Å². The molecule has 3 aromatic rings. The molecule has 0 spiro atoms. The van der Waals surface area contributed by atoms with Crippen molar-refractivity contribution in [3.63, 3.8) is 0 Å². The van der Waals surface area contributed by atoms with Gasteiger partial charge < -0.3 is 23.8 Å². The van der Waals surface area contributed by atoms with Gasteiger partial charge in [0.15, 0.2) is 0 Å². The van der Waals surface area contributed by atoms with Crippen molar-refractivity contribution in [3.8, 4) is 22.9 Å². The van der Waals surface area contributed by atoms with Crippen LogP contribution in [0, 0.1) is 0 Å². The number of hydrogen-bond acceptors (Lipinski definition) is 7. The summed E-state index contributed by atoms with van der Waals surface area (Å²) in [6, 6.07) is 15.2. The first-order valence-corrected chi connectivity index (χ1v) is 12.2. The van der Waals surface area contributed by atoms with Crippen molar-refractivity contribution in [1.29, 1.82) is 0 Å². The molecular formula is C27H32N4O5. The zero-order chi connectivity index (χ0) is 25.3. The minimum Gasteiger partial charge on any atom is -0.497 e. The van der Waals surface area contributed by atoms with Crippen molar-refractivity contribution in [1.82, 2.24) is 19.9 Å². The second-order valence-corrected chi connectivity index (χ2v) is 8.70. The van der Waals surface area contributed by atoms with E-state index < -0.39 is 0 Å². The molecule has 4 rings (SSSR count). The van der Waals surface area contributed by atoms with E-state index in [1.54, 1.807) is 14.2 Å². The molecule has 0 unspecified atom stereocenters. The fourth-order valence-electron chi connectivity index (χ4n) is 4.17. The Labute approximate surface area is 211 Å². The van der Waals surface area contributed by atoms with Crippen molar-refractivity contribution in [2.75, 3.05) is 40.4 Å². The van der Waals surface area contributed by atoms with Crippen molar-refractivity contribution in [2.24, 2.45) is 0 Å². The van der Waals surface area contributed by atoms with Gasteiger partial charge in [-0.1, -0.05) is 17.3 Å². The van der Waals surface area contributed by atoms with Gasteiger partial charge in [-0.3, -0.25) is 9.59 Å². The monoisotopic (exact) mass is 492 g/mol. The summed E-state index contributed by atoms with van der Waals surface area (Å²) in [4.78, 5) is 33.4. The van der Waals surface area contributed by atoms with E-state index in [4.69, 9.17) is 14.0 Å². The Morgan fingerprint density at radius 3 is 1.94 bits per heavy atom. The van der Waals surface area contributed by atoms with Crippen molar-refractivity contribution in [2.45, 2.75) is 32.1 Å². The first-order valence-electron chi connectivity index (χ1n) is 12.2. The van der Waals surface area contributed by atoms with E-state index in [9.17, 15) is 9.59 Å². The van der Waals surface area contributed by atoms with Gasteiger partial charge in [-0.2, -0.15) is 4.98 Å². The molecule has 2 amide bonds. The van der Waals surface area contributed by atoms with Crippen molar-refractivity contribution in [3.05, 3.63) is 60.0 Å². The summed E-state index contributed by atoms with van der Waals surface area (Å²) in [5.74, 6) is 2.82. The topological polar surface area (TPSA) is 98.0 Å². The molecular weight excluding hydrogens is 460 g/mol. The molecule has 2 aromatic carbocycles. The molecule has 0 atom stereocenters. The first-order chi connectivity index (χ1) is 17.6. The molecule has 2 heterocycles. The molecule has 1 saturated heterocycles. The van der Waals surface area contributed by atoms with E-state index in [1.165, 1.54) is 0 Å². The van der Waals surface area contributed by atoms with Crippen LogP contribution in [0.2, 0.25) is 0 Å². The van der Waals surface area contributed by atoms with E-state index >= 15 is 0 Å². The second kappa shape index (κ2) is 12.2. The number of aromatic nitrogens is 2. The van der Waals surface area contributed by atoms with E-state index in [2.05, 4.69) is 10.1 Å². The fourth-order valence-corrected chi connectivity index (χ4v) is 4.17. The number of rotatable bonds is 10. The molecule has 9 nitrogen and oxygen atoms in total. The van der Waals surface area contributed by atoms with E-state index in [0.717, 1.165) is 22.6 Å². The van der Waals surface area contributed by atoms with Gasteiger partial charge in [-0.25, -0.2) is 0 Å². The third-order valence-corrected chi connectivity index (χ3v) is 6.37. The average molecular weight is 493 g/mol. The number of piperazine rings is 1. The highest BCUT2D eigenvalue weighted by Gasteiger charge is 2.23. The maximum absolute atomic E-state index is 12.6. The molecule has 0 saturated carbocycles. The summed E-state index contributed by atoms with van der Waals surface area (Å²) in [5.41, 5.74) is 1.95. The van der Waals surface area contributed by atoms with Crippen LogP contribution in [0.25, 0.3) is 11.4 Å². The number of ether oxygens (including phenoxy) is 2. The third-order valence-electron chi connectivity index (χ3n) is 6.37. The Bertz CT molecular complexity index is 1140. The Morgan fingerprint density at radius 2 is 1.36 bits per heavy atom. The molecule has 9 heteroatoms. The van der Waals surface area contributed by atoms with E-state index in [-0.39, 0.29) is 11.8 Å². The number of benzene rings is 2. The zero-order valence-corrected chi connectivity index (χ0v) is 20.8. The van der Waals surface area contributed by atoms with Gasteiger partial charge in [0.05, 0.1) is 14.2 Å². The summed E-state index contributed by atoms with van der Waals surface area (Å²) in [6.45, 7) is 2.27. The predicted molar refractivity (Wildman–Crippen MR) is 134 cm³/mol. The molecule has 1 fully saturated rings. The van der Waals surface area contributed by atoms with Gasteiger partial charge in [-0.05, 0) is 54.8 Å². The van der Waals surface area contributed by atoms with Gasteiger partial charge in [0.2, 0.25) is 23.5 Å². The van der Waals surface area contributed by atoms with Crippen LogP contribution in [0.1, 0.15) is 30.7 Å². The minimum atomic E-state index is 0.0928. The molecule has 1 aliphatic heterocycles. The number of aryl methyl sites for hydroxylation is 2. The molecule has 0 N–H and O–H groups in total. The van der Waals surface area contributed by atoms with Crippen LogP contribution in [0.3, 0.4) is 0 Å². The summed E-state index contributed by atoms with van der Waals surface area (Å²) < 4.78 is 15.7. The highest BCUT2D eigenvalue weighted by Crippen LogP contribution is 2.20. The van der Waals surface area contributed by atoms with E-state index in [1.807, 2.05) is 58.3 Å². The summed E-state index contributed by atoms with van der Waals surface area (Å²) >= 11 is 0. The number of amides is 2. The number of methoxy groups -OCH3 is 2. The van der Waals surface area contributed by atoms with Gasteiger partial charge in [-0.15, -0.1) is 0 Å². The first kappa shape index (κ1) is 25.2. The van der Waals surface area contributed by atoms with Gasteiger partial charge in [0.25, 0.3) is 0 Å². The number of nitrogens with zero attached hydrogens (tertiary/aromatic N) is 4. The van der Waals surface area contributed by atoms with Crippen LogP contribution in [0.5, 0.6) is 11.5 Å². The summed E-state index contributed by atoms with van der Waals surface area (Å²) in [5, 5.41) is 4.03. The maximum atomic E-state index is 12.6. The van der Waals surface area contributed by atoms with Crippen LogP contribution < -0.4 is 9.47 Å². The molecule has 1 aliphatic rings. The summed E-state index contributed by atoms with van der Waals surface area (Å²) in [7, 11) is 3.25. The van der Waals surface area contributed by atoms with Gasteiger partial charge in [0.1, 0.15) is 11.5 Å². The number of carbonyl (C=O) groups is 2. The van der Waals surface area contributed by atoms with Gasteiger partial charge >= 0.3 is 0 Å². The minimum absolute atomic E-state index is 0.0928. The molecule has 0 bridgehead atoms. The molecule has 0 aliphatic carbocycles. The quantitative estimate of drug-likeness (QED) is 0.428. The zero-order valence-electron chi connectivity index (χ0n) is 20.8. The van der Waals surface area contributed by atoms with E-state index in [0.29, 0.717) is 70.0 Å². The van der Waals surface area contributed by atoms with Crippen LogP contribution >= 0.6 is 0 Å². The predicted octanol–water partition coefficient (Wildman–Crippen LogP) is 3.38. The van der Waals surface area contributed by atoms with Crippen molar-refractivity contribution < 1.29 is 23.6 Å². The Morgan fingerprint density at radius 1 is 0.806 bits per heavy atom. The Balaban J connectivity index is 1.15. The lowest BCUT2D eigenvalue weighted by atomic mass is 10.1. The largest absolute Gasteiger partial charge is 0.497 e. The number of hydrogen-bond donors (Lipinski definition) is 0. The van der Waals surface area contributed by atoms with Crippen LogP contribution in [-0.4, -0.2) is 72.2 Å². The lowest BCUT2D eigenvalue weighted by molar-refractivity contribution is -0.139. The highest BCUT2D eigenvalue weighted by atomic mass is 16.5. The van der Waals surface area contributed by atoms with Crippen LogP contribution in [-0.2, 0) is 22.4 Å². The average Bonchev–Trinajstić information content (AvgIpc) is 3.41. The standard InChI is InChI=1S/C27H32N4O5/c1-34-22-11-6-20(7-12-22)8-15-26(33)31-18-16-30(17-19-31)25(32)5-3-4-24-28-27(29-36-24)21-9-13-23(35-2)14-10-21/h6-7,9-14H,3-5,8,15-19H2,1-2H3. The lowest BCUT2D eigenvalue weighted by Gasteiger charge is -2.35. The third kappa shape index (κ3) is 6.62. The fraction of sp³-hybridized carbons (Fsp3) is 0.407. The SMILES string of the molecule is COc1ccc(CCC(=O)N2CCN(C(=O)CCCc3nc(-c4ccc(OC)cc4)no3)CC2)cc1. The maximum Gasteiger partial charge on any atom is 0.226 e. The van der Waals surface area contributed by atoms with Gasteiger partial charge in [0, 0.05) is 51.0 Å². The summed E-state index contributed by atoms with van der Waals surface area (Å²) in [6.07, 6.45) is 2.73. The number of carbonyl (C=O) groups excluding carboxylic acids is 2. The van der Waals surface area contributed by atoms with Crippen molar-refractivity contribution >= 4 is 11.8 Å². The smallest absolute Gasteiger partial charge is 0.226 e. The molecule has 0 radical (unpaired) electrons. The molecule has 36 heavy (non-hydrogen) atoms. The molecule has 190 valence electrons. The normalized spacial score (nSPS) is 13.5. The highest BCUT2D eigenvalue weighted by molar-refractivity contribution is 5.78. The molecule has 1 aromatic heterocycles.